The predicted molar refractivity (Wildman–Crippen MR) is 144 cm³/mol. The summed E-state index contributed by atoms with van der Waals surface area (Å²) in [6.45, 7) is 11.9. The van der Waals surface area contributed by atoms with Gasteiger partial charge in [-0.1, -0.05) is 83.1 Å². The first kappa shape index (κ1) is 25.7. The lowest BCUT2D eigenvalue weighted by Crippen LogP contribution is -2.49. The molecule has 3 aliphatic carbocycles. The highest BCUT2D eigenvalue weighted by molar-refractivity contribution is 7.85. The van der Waals surface area contributed by atoms with Crippen molar-refractivity contribution in [2.45, 2.75) is 64.2 Å². The number of esters is 1. The van der Waals surface area contributed by atoms with Crippen LogP contribution in [-0.2, 0) is 14.9 Å². The molecule has 0 aliphatic heterocycles. The van der Waals surface area contributed by atoms with Crippen molar-refractivity contribution >= 4 is 16.1 Å². The Hall–Kier alpha value is -2.96. The number of rotatable bonds is 4. The van der Waals surface area contributed by atoms with Crippen LogP contribution in [0, 0.1) is 24.2 Å². The zero-order chi connectivity index (χ0) is 26.9. The highest BCUT2D eigenvalue weighted by Gasteiger charge is 2.56. The van der Waals surface area contributed by atoms with Gasteiger partial charge in [0, 0.05) is 11.8 Å². The summed E-state index contributed by atoms with van der Waals surface area (Å²) >= 11 is 0. The van der Waals surface area contributed by atoms with Crippen molar-refractivity contribution in [1.82, 2.24) is 0 Å². The van der Waals surface area contributed by atoms with Crippen LogP contribution in [-0.4, -0.2) is 18.9 Å². The van der Waals surface area contributed by atoms with Crippen LogP contribution in [0.15, 0.2) is 65.6 Å². The molecule has 0 heterocycles. The van der Waals surface area contributed by atoms with Crippen LogP contribution in [0.25, 0.3) is 0 Å². The molecule has 0 amide bonds. The molecule has 6 heteroatoms. The highest BCUT2D eigenvalue weighted by atomic mass is 32.2. The molecule has 2 bridgehead atoms. The monoisotopic (exact) mass is 518 g/mol. The van der Waals surface area contributed by atoms with E-state index in [1.807, 2.05) is 26.0 Å². The van der Waals surface area contributed by atoms with E-state index in [4.69, 9.17) is 4.74 Å². The maximum absolute atomic E-state index is 14.2. The van der Waals surface area contributed by atoms with Gasteiger partial charge in [0.05, 0.1) is 10.8 Å². The predicted octanol–water partition coefficient (Wildman–Crippen LogP) is 6.84. The van der Waals surface area contributed by atoms with Crippen molar-refractivity contribution in [3.8, 4) is 5.75 Å². The van der Waals surface area contributed by atoms with Gasteiger partial charge in [-0.2, -0.15) is 8.42 Å². The van der Waals surface area contributed by atoms with E-state index in [1.165, 1.54) is 28.3 Å². The maximum Gasteiger partial charge on any atom is 0.315 e. The van der Waals surface area contributed by atoms with Crippen LogP contribution in [0.5, 0.6) is 5.75 Å². The van der Waals surface area contributed by atoms with Crippen molar-refractivity contribution in [3.63, 3.8) is 0 Å². The number of fused-ring (bicyclic) bond motifs is 1. The van der Waals surface area contributed by atoms with Gasteiger partial charge in [0.25, 0.3) is 10.1 Å². The number of hydrogen-bond acceptors (Lipinski definition) is 4. The Bertz CT molecular complexity index is 1450. The highest BCUT2D eigenvalue weighted by Crippen LogP contribution is 2.62. The number of carbonyl (C=O) groups is 1. The van der Waals surface area contributed by atoms with Crippen molar-refractivity contribution in [1.29, 1.82) is 0 Å². The zero-order valence-corrected chi connectivity index (χ0v) is 23.0. The molecule has 3 aromatic rings. The fraction of sp³-hybridized carbons (Fsp3) is 0.387. The second-order valence-corrected chi connectivity index (χ2v) is 13.2. The van der Waals surface area contributed by atoms with Crippen LogP contribution in [0.1, 0.15) is 85.8 Å². The largest absolute Gasteiger partial charge is 0.426 e. The second kappa shape index (κ2) is 8.81. The van der Waals surface area contributed by atoms with E-state index in [0.717, 1.165) is 0 Å². The Morgan fingerprint density at radius 1 is 0.892 bits per heavy atom. The molecule has 3 aromatic carbocycles. The van der Waals surface area contributed by atoms with Gasteiger partial charge in [0.15, 0.2) is 0 Å². The third-order valence-electron chi connectivity index (χ3n) is 8.13. The van der Waals surface area contributed by atoms with Crippen molar-refractivity contribution in [2.24, 2.45) is 17.3 Å². The van der Waals surface area contributed by atoms with E-state index in [9.17, 15) is 17.8 Å². The Morgan fingerprint density at radius 3 is 1.81 bits per heavy atom. The van der Waals surface area contributed by atoms with Gasteiger partial charge in [-0.25, -0.2) is 0 Å². The zero-order valence-electron chi connectivity index (χ0n) is 22.1. The molecule has 37 heavy (non-hydrogen) atoms. The van der Waals surface area contributed by atoms with Gasteiger partial charge >= 0.3 is 5.97 Å². The number of carbonyl (C=O) groups excluding carboxylic acids is 1. The van der Waals surface area contributed by atoms with Crippen molar-refractivity contribution in [2.75, 3.05) is 0 Å². The van der Waals surface area contributed by atoms with E-state index in [-0.39, 0.29) is 40.0 Å². The van der Waals surface area contributed by atoms with Crippen LogP contribution in [0.2, 0.25) is 0 Å². The average Bonchev–Trinajstić information content (AvgIpc) is 2.83. The molecule has 0 spiro atoms. The summed E-state index contributed by atoms with van der Waals surface area (Å²) in [7, 11) is -4.41. The Morgan fingerprint density at radius 2 is 1.38 bits per heavy atom. The van der Waals surface area contributed by atoms with Gasteiger partial charge in [0.2, 0.25) is 0 Å². The van der Waals surface area contributed by atoms with Gasteiger partial charge < -0.3 is 4.74 Å². The minimum atomic E-state index is -4.41. The van der Waals surface area contributed by atoms with Crippen molar-refractivity contribution < 1.29 is 22.5 Å². The minimum absolute atomic E-state index is 0.0109. The minimum Gasteiger partial charge on any atom is -0.426 e. The molecule has 194 valence electrons. The summed E-state index contributed by atoms with van der Waals surface area (Å²) in [5.74, 6) is -0.621. The molecule has 2 unspecified atom stereocenters. The summed E-state index contributed by atoms with van der Waals surface area (Å²) in [5, 5.41) is 0. The maximum atomic E-state index is 14.2. The summed E-state index contributed by atoms with van der Waals surface area (Å²) < 4.78 is 39.9. The number of hydrogen-bond donors (Lipinski definition) is 1. The summed E-state index contributed by atoms with van der Waals surface area (Å²) in [4.78, 5) is 14.0. The Kier molecular flexibility index (Phi) is 6.12. The molecular formula is C31H34O5S. The number of ether oxygens (including phenoxy) is 1. The smallest absolute Gasteiger partial charge is 0.315 e. The first-order valence-electron chi connectivity index (χ1n) is 12.8. The Labute approximate surface area is 219 Å². The lowest BCUT2D eigenvalue weighted by molar-refractivity contribution is -0.144. The summed E-state index contributed by atoms with van der Waals surface area (Å²) in [5.41, 5.74) is 5.64. The standard InChI is InChI=1S/C31H34O5S/c1-17(2)23-16-24(18(3)15-25(23)37(33,34)35)36-30(32)28-26-19-11-7-9-13-21(19)27(29(28)31(4,5)6)22-14-10-8-12-20(22)26/h7-17,26-29H,1-6H3,(H,33,34,35). The van der Waals surface area contributed by atoms with Crippen LogP contribution >= 0.6 is 0 Å². The lowest BCUT2D eigenvalue weighted by atomic mass is 9.49. The molecule has 1 N–H and O–H groups in total. The third kappa shape index (κ3) is 4.20. The first-order valence-corrected chi connectivity index (χ1v) is 14.3. The van der Waals surface area contributed by atoms with E-state index in [0.29, 0.717) is 16.9 Å². The molecule has 0 radical (unpaired) electrons. The van der Waals surface area contributed by atoms with E-state index in [2.05, 4.69) is 57.2 Å². The molecular weight excluding hydrogens is 484 g/mol. The Balaban J connectivity index is 1.64. The number of aryl methyl sites for hydroxylation is 1. The summed E-state index contributed by atoms with van der Waals surface area (Å²) in [6.07, 6.45) is 0. The van der Waals surface area contributed by atoms with Gasteiger partial charge in [-0.05, 0) is 69.7 Å². The third-order valence-corrected chi connectivity index (χ3v) is 9.04. The van der Waals surface area contributed by atoms with E-state index < -0.39 is 16.0 Å². The SMILES string of the molecule is Cc1cc(S(=O)(=O)O)c(C(C)C)cc1OC(=O)C1C2c3ccccc3C(c3ccccc32)C1C(C)(C)C. The van der Waals surface area contributed by atoms with E-state index in [1.54, 1.807) is 13.0 Å². The van der Waals surface area contributed by atoms with Crippen LogP contribution in [0.3, 0.4) is 0 Å². The molecule has 0 aromatic heterocycles. The lowest BCUT2D eigenvalue weighted by Gasteiger charge is -2.54. The summed E-state index contributed by atoms with van der Waals surface area (Å²) in [6, 6.07) is 19.8. The van der Waals surface area contributed by atoms with Gasteiger partial charge in [-0.15, -0.1) is 0 Å². The van der Waals surface area contributed by atoms with E-state index >= 15 is 0 Å². The molecule has 3 aliphatic rings. The molecule has 0 fully saturated rings. The molecule has 6 rings (SSSR count). The van der Waals surface area contributed by atoms with Gasteiger partial charge in [-0.3, -0.25) is 9.35 Å². The number of benzene rings is 3. The van der Waals surface area contributed by atoms with Crippen molar-refractivity contribution in [3.05, 3.63) is 94.0 Å². The van der Waals surface area contributed by atoms with Gasteiger partial charge in [0.1, 0.15) is 5.75 Å². The fourth-order valence-electron chi connectivity index (χ4n) is 6.64. The van der Waals surface area contributed by atoms with Crippen LogP contribution in [0.4, 0.5) is 0 Å². The fourth-order valence-corrected chi connectivity index (χ4v) is 7.56. The van der Waals surface area contributed by atoms with Crippen LogP contribution < -0.4 is 4.74 Å². The average molecular weight is 519 g/mol. The normalized spacial score (nSPS) is 22.5. The second-order valence-electron chi connectivity index (χ2n) is 11.8. The molecule has 0 saturated heterocycles. The quantitative estimate of drug-likeness (QED) is 0.232. The molecule has 5 nitrogen and oxygen atoms in total. The molecule has 2 atom stereocenters. The molecule has 0 saturated carbocycles. The first-order chi connectivity index (χ1) is 17.3. The topological polar surface area (TPSA) is 80.7 Å².